The highest BCUT2D eigenvalue weighted by atomic mass is 32.2. The molecule has 0 unspecified atom stereocenters. The number of nitriles is 1. The Labute approximate surface area is 163 Å². The van der Waals surface area contributed by atoms with Crippen LogP contribution in [0.2, 0.25) is 0 Å². The van der Waals surface area contributed by atoms with Gasteiger partial charge in [0.05, 0.1) is 11.6 Å². The summed E-state index contributed by atoms with van der Waals surface area (Å²) in [6.45, 7) is 0. The van der Waals surface area contributed by atoms with E-state index >= 15 is 0 Å². The largest absolute Gasteiger partial charge is 0.297 e. The number of carbonyl (C=O) groups excluding carboxylic acids is 1. The van der Waals surface area contributed by atoms with Crippen molar-refractivity contribution in [2.75, 3.05) is 5.32 Å². The van der Waals surface area contributed by atoms with E-state index in [0.29, 0.717) is 26.4 Å². The van der Waals surface area contributed by atoms with Crippen LogP contribution in [0.3, 0.4) is 0 Å². The molecule has 2 aromatic carbocycles. The lowest BCUT2D eigenvalue weighted by Gasteiger charge is -1.98. The number of nitrogens with one attached hydrogen (secondary N) is 1. The van der Waals surface area contributed by atoms with Crippen molar-refractivity contribution in [3.05, 3.63) is 77.1 Å². The molecule has 0 radical (unpaired) electrons. The standard InChI is InChI=1S/C19H13FN4OS2/c20-16-4-2-1-3-15(16)9-10-17(25)22-18-23-24-19(27-18)26-12-14-7-5-13(11-21)6-8-14/h1-10H,12H2,(H,22,23,25)/b10-9+. The number of halogens is 1. The van der Waals surface area contributed by atoms with E-state index in [1.807, 2.05) is 12.1 Å². The Morgan fingerprint density at radius 1 is 1.22 bits per heavy atom. The summed E-state index contributed by atoms with van der Waals surface area (Å²) in [6, 6.07) is 15.6. The van der Waals surface area contributed by atoms with E-state index in [0.717, 1.165) is 5.56 Å². The molecule has 0 atom stereocenters. The minimum absolute atomic E-state index is 0.337. The van der Waals surface area contributed by atoms with Crippen LogP contribution in [-0.2, 0) is 10.5 Å². The number of carbonyl (C=O) groups is 1. The summed E-state index contributed by atoms with van der Waals surface area (Å²) in [5.41, 5.74) is 2.02. The smallest absolute Gasteiger partial charge is 0.250 e. The molecule has 1 heterocycles. The van der Waals surface area contributed by atoms with Crippen molar-refractivity contribution in [1.82, 2.24) is 10.2 Å². The number of nitrogens with zero attached hydrogens (tertiary/aromatic N) is 3. The average Bonchev–Trinajstić information content (AvgIpc) is 3.13. The number of rotatable bonds is 6. The second kappa shape index (κ2) is 9.07. The van der Waals surface area contributed by atoms with Gasteiger partial charge in [0, 0.05) is 17.4 Å². The van der Waals surface area contributed by atoms with E-state index in [-0.39, 0.29) is 5.82 Å². The zero-order valence-electron chi connectivity index (χ0n) is 13.9. The zero-order valence-corrected chi connectivity index (χ0v) is 15.6. The van der Waals surface area contributed by atoms with Crippen LogP contribution in [0.25, 0.3) is 6.08 Å². The van der Waals surface area contributed by atoms with Crippen molar-refractivity contribution in [1.29, 1.82) is 5.26 Å². The van der Waals surface area contributed by atoms with Gasteiger partial charge in [0.15, 0.2) is 4.34 Å². The first-order chi connectivity index (χ1) is 13.1. The van der Waals surface area contributed by atoms with Gasteiger partial charge in [0.1, 0.15) is 5.82 Å². The third kappa shape index (κ3) is 5.48. The molecule has 0 saturated carbocycles. The van der Waals surface area contributed by atoms with Crippen LogP contribution in [0.15, 0.2) is 58.9 Å². The molecular formula is C19H13FN4OS2. The van der Waals surface area contributed by atoms with Gasteiger partial charge in [-0.1, -0.05) is 53.4 Å². The Morgan fingerprint density at radius 3 is 2.74 bits per heavy atom. The molecule has 3 rings (SSSR count). The van der Waals surface area contributed by atoms with Crippen molar-refractivity contribution in [3.63, 3.8) is 0 Å². The third-order valence-corrected chi connectivity index (χ3v) is 5.44. The van der Waals surface area contributed by atoms with Gasteiger partial charge in [-0.2, -0.15) is 5.26 Å². The lowest BCUT2D eigenvalue weighted by Crippen LogP contribution is -2.07. The molecule has 0 fully saturated rings. The van der Waals surface area contributed by atoms with E-state index in [1.165, 1.54) is 41.3 Å². The maximum Gasteiger partial charge on any atom is 0.250 e. The van der Waals surface area contributed by atoms with Crippen LogP contribution >= 0.6 is 23.1 Å². The first-order valence-corrected chi connectivity index (χ1v) is 9.63. The molecule has 1 amide bonds. The molecule has 0 spiro atoms. The average molecular weight is 396 g/mol. The van der Waals surface area contributed by atoms with Crippen molar-refractivity contribution in [2.45, 2.75) is 10.1 Å². The topological polar surface area (TPSA) is 78.7 Å². The van der Waals surface area contributed by atoms with Crippen molar-refractivity contribution < 1.29 is 9.18 Å². The van der Waals surface area contributed by atoms with Gasteiger partial charge in [0.2, 0.25) is 11.0 Å². The molecule has 0 aliphatic carbocycles. The van der Waals surface area contributed by atoms with E-state index < -0.39 is 5.91 Å². The summed E-state index contributed by atoms with van der Waals surface area (Å²) in [7, 11) is 0. The fourth-order valence-corrected chi connectivity index (χ4v) is 3.77. The molecule has 134 valence electrons. The molecule has 0 bridgehead atoms. The van der Waals surface area contributed by atoms with Crippen LogP contribution in [0.4, 0.5) is 9.52 Å². The maximum atomic E-state index is 13.5. The molecule has 0 aliphatic rings. The summed E-state index contributed by atoms with van der Waals surface area (Å²) in [6.07, 6.45) is 2.66. The SMILES string of the molecule is N#Cc1ccc(CSc2nnc(NC(=O)/C=C/c3ccccc3F)s2)cc1. The number of hydrogen-bond donors (Lipinski definition) is 1. The molecule has 1 aromatic heterocycles. The summed E-state index contributed by atoms with van der Waals surface area (Å²) in [5.74, 6) is -0.112. The predicted molar refractivity (Wildman–Crippen MR) is 105 cm³/mol. The summed E-state index contributed by atoms with van der Waals surface area (Å²) in [5, 5.41) is 19.7. The number of hydrogen-bond acceptors (Lipinski definition) is 6. The van der Waals surface area contributed by atoms with Gasteiger partial charge in [-0.15, -0.1) is 10.2 Å². The molecule has 0 aliphatic heterocycles. The molecule has 5 nitrogen and oxygen atoms in total. The highest BCUT2D eigenvalue weighted by Gasteiger charge is 2.07. The Balaban J connectivity index is 1.53. The van der Waals surface area contributed by atoms with E-state index in [1.54, 1.807) is 30.3 Å². The molecule has 27 heavy (non-hydrogen) atoms. The Kier molecular flexibility index (Phi) is 6.30. The van der Waals surface area contributed by atoms with Crippen LogP contribution in [-0.4, -0.2) is 16.1 Å². The number of amides is 1. The molecule has 1 N–H and O–H groups in total. The van der Waals surface area contributed by atoms with Gasteiger partial charge in [-0.05, 0) is 29.8 Å². The number of benzene rings is 2. The lowest BCUT2D eigenvalue weighted by atomic mass is 10.2. The summed E-state index contributed by atoms with van der Waals surface area (Å²) in [4.78, 5) is 11.9. The summed E-state index contributed by atoms with van der Waals surface area (Å²) < 4.78 is 14.2. The van der Waals surface area contributed by atoms with Crippen molar-refractivity contribution in [3.8, 4) is 6.07 Å². The quantitative estimate of drug-likeness (QED) is 0.377. The predicted octanol–water partition coefficient (Wildman–Crippen LogP) is 4.49. The number of aromatic nitrogens is 2. The van der Waals surface area contributed by atoms with Gasteiger partial charge >= 0.3 is 0 Å². The molecule has 8 heteroatoms. The second-order valence-corrected chi connectivity index (χ2v) is 7.51. The fourth-order valence-electron chi connectivity index (χ4n) is 2.06. The van der Waals surface area contributed by atoms with Gasteiger partial charge in [-0.25, -0.2) is 4.39 Å². The van der Waals surface area contributed by atoms with Gasteiger partial charge < -0.3 is 0 Å². The normalized spacial score (nSPS) is 10.7. The molecule has 0 saturated heterocycles. The Hall–Kier alpha value is -3.02. The van der Waals surface area contributed by atoms with Crippen LogP contribution in [0, 0.1) is 17.1 Å². The Bertz CT molecular complexity index is 1010. The first-order valence-electron chi connectivity index (χ1n) is 7.83. The van der Waals surface area contributed by atoms with Gasteiger partial charge in [0.25, 0.3) is 0 Å². The first kappa shape index (κ1) is 18.8. The third-order valence-electron chi connectivity index (χ3n) is 3.40. The second-order valence-electron chi connectivity index (χ2n) is 5.31. The zero-order chi connectivity index (χ0) is 19.1. The lowest BCUT2D eigenvalue weighted by molar-refractivity contribution is -0.111. The summed E-state index contributed by atoms with van der Waals surface area (Å²) >= 11 is 2.75. The highest BCUT2D eigenvalue weighted by Crippen LogP contribution is 2.28. The van der Waals surface area contributed by atoms with Gasteiger partial charge in [-0.3, -0.25) is 10.1 Å². The van der Waals surface area contributed by atoms with Crippen molar-refractivity contribution >= 4 is 40.2 Å². The fraction of sp³-hybridized carbons (Fsp3) is 0.0526. The monoisotopic (exact) mass is 396 g/mol. The van der Waals surface area contributed by atoms with Crippen LogP contribution in [0.1, 0.15) is 16.7 Å². The number of thioether (sulfide) groups is 1. The van der Waals surface area contributed by atoms with Crippen molar-refractivity contribution in [2.24, 2.45) is 0 Å². The molecule has 3 aromatic rings. The Morgan fingerprint density at radius 2 is 2.00 bits per heavy atom. The minimum atomic E-state index is -0.405. The molecular weight excluding hydrogens is 383 g/mol. The van der Waals surface area contributed by atoms with Crippen LogP contribution < -0.4 is 5.32 Å². The number of anilines is 1. The van der Waals surface area contributed by atoms with Crippen LogP contribution in [0.5, 0.6) is 0 Å². The highest BCUT2D eigenvalue weighted by molar-refractivity contribution is 8.00. The van der Waals surface area contributed by atoms with E-state index in [2.05, 4.69) is 21.6 Å². The van der Waals surface area contributed by atoms with E-state index in [9.17, 15) is 9.18 Å². The maximum absolute atomic E-state index is 13.5. The minimum Gasteiger partial charge on any atom is -0.297 e. The van der Waals surface area contributed by atoms with E-state index in [4.69, 9.17) is 5.26 Å².